The number of hydrogen-bond donors (Lipinski definition) is 3. The molecule has 12 heteroatoms. The lowest BCUT2D eigenvalue weighted by atomic mass is 9.44. The highest BCUT2D eigenvalue weighted by Gasteiger charge is 2.60. The fourth-order valence-electron chi connectivity index (χ4n) is 10.2. The van der Waals surface area contributed by atoms with E-state index in [0.717, 1.165) is 43.9 Å². The van der Waals surface area contributed by atoms with Gasteiger partial charge in [-0.25, -0.2) is 4.79 Å². The predicted molar refractivity (Wildman–Crippen MR) is 164 cm³/mol. The van der Waals surface area contributed by atoms with Crippen LogP contribution < -0.4 is 0 Å². The average Bonchev–Trinajstić information content (AvgIpc) is 3.30. The number of carbonyl (C=O) groups excluding carboxylic acids is 3. The van der Waals surface area contributed by atoms with E-state index in [1.807, 2.05) is 0 Å². The van der Waals surface area contributed by atoms with E-state index < -0.39 is 44.6 Å². The molecule has 11 nitrogen and oxygen atoms in total. The van der Waals surface area contributed by atoms with Crippen LogP contribution in [0.25, 0.3) is 0 Å². The maximum Gasteiger partial charge on any atom is 0.511 e. The fourth-order valence-corrected chi connectivity index (χ4v) is 11.1. The third kappa shape index (κ3) is 8.50. The Morgan fingerprint density at radius 2 is 1.58 bits per heavy atom. The van der Waals surface area contributed by atoms with Gasteiger partial charge in [0.05, 0.1) is 12.1 Å². The number of aliphatic carboxylic acids is 1. The van der Waals surface area contributed by atoms with Crippen LogP contribution in [0.1, 0.15) is 111 Å². The number of carboxylic acids is 1. The maximum atomic E-state index is 12.4. The number of hydrogen-bond acceptors (Lipinski definition) is 8. The topological polar surface area (TPSA) is 174 Å². The zero-order valence-corrected chi connectivity index (χ0v) is 28.2. The van der Waals surface area contributed by atoms with Crippen LogP contribution in [0, 0.1) is 52.3 Å². The lowest BCUT2D eigenvalue weighted by Gasteiger charge is -2.61. The van der Waals surface area contributed by atoms with E-state index in [0.29, 0.717) is 35.5 Å². The Hall–Kier alpha value is -1.97. The molecule has 0 heterocycles. The smallest absolute Gasteiger partial charge is 0.481 e. The Kier molecular flexibility index (Phi) is 11.5. The van der Waals surface area contributed by atoms with Crippen LogP contribution in [0.15, 0.2) is 0 Å². The minimum Gasteiger partial charge on any atom is -0.481 e. The summed E-state index contributed by atoms with van der Waals surface area (Å²) < 4.78 is 26.5. The normalized spacial score (nSPS) is 35.6. The molecule has 0 aromatic carbocycles. The van der Waals surface area contributed by atoms with Gasteiger partial charge in [-0.15, -0.1) is 0 Å². The molecule has 0 bridgehead atoms. The summed E-state index contributed by atoms with van der Waals surface area (Å²) in [4.78, 5) is 65.2. The number of Topliss-reactive ketones (excluding diaryl/α,β-unsaturated/α-hetero) is 1. The summed E-state index contributed by atoms with van der Waals surface area (Å²) in [6, 6.07) is 0. The molecule has 0 amide bonds. The van der Waals surface area contributed by atoms with Crippen molar-refractivity contribution in [2.45, 2.75) is 117 Å². The summed E-state index contributed by atoms with van der Waals surface area (Å²) in [5, 5.41) is 9.11. The minimum atomic E-state index is -4.55. The van der Waals surface area contributed by atoms with Gasteiger partial charge >= 0.3 is 25.7 Å². The van der Waals surface area contributed by atoms with Gasteiger partial charge in [0.1, 0.15) is 11.9 Å². The summed E-state index contributed by atoms with van der Waals surface area (Å²) in [5.41, 5.74) is 0.574. The second-order valence-electron chi connectivity index (χ2n) is 15.1. The molecular formula is C33H53O11P. The lowest BCUT2D eigenvalue weighted by Crippen LogP contribution is -2.54. The second-order valence-corrected chi connectivity index (χ2v) is 16.8. The summed E-state index contributed by atoms with van der Waals surface area (Å²) in [5.74, 6) is 0.529. The number of esters is 1. The zero-order valence-electron chi connectivity index (χ0n) is 27.3. The van der Waals surface area contributed by atoms with Crippen molar-refractivity contribution in [1.29, 1.82) is 0 Å². The molecule has 45 heavy (non-hydrogen) atoms. The molecule has 0 aliphatic heterocycles. The zero-order chi connectivity index (χ0) is 33.2. The largest absolute Gasteiger partial charge is 0.511 e. The first-order valence-electron chi connectivity index (χ1n) is 16.8. The number of ether oxygens (including phenoxy) is 3. The van der Waals surface area contributed by atoms with Crippen LogP contribution in [0.3, 0.4) is 0 Å². The van der Waals surface area contributed by atoms with Gasteiger partial charge in [0.25, 0.3) is 0 Å². The van der Waals surface area contributed by atoms with Gasteiger partial charge in [-0.3, -0.25) is 14.2 Å². The average molecular weight is 657 g/mol. The highest BCUT2D eigenvalue weighted by atomic mass is 31.2. The quantitative estimate of drug-likeness (QED) is 0.115. The van der Waals surface area contributed by atoms with Gasteiger partial charge in [-0.2, -0.15) is 0 Å². The molecule has 4 rings (SSSR count). The molecule has 5 unspecified atom stereocenters. The highest BCUT2D eigenvalue weighted by Crippen LogP contribution is 2.68. The van der Waals surface area contributed by atoms with Crippen molar-refractivity contribution in [2.24, 2.45) is 52.3 Å². The number of ketones is 1. The molecule has 4 saturated carbocycles. The van der Waals surface area contributed by atoms with E-state index in [-0.39, 0.29) is 30.1 Å². The molecule has 256 valence electrons. The SMILES string of the molecule is CC(=O)CC[C@@H](C)C1CCC2C3CC[C@@H]4C[C@H](OC(=O)OCOC(=O)CCC(CP(=O)(O)O)C(=O)O)CC[C@]4(C)C3CC[C@@]21C. The van der Waals surface area contributed by atoms with E-state index in [9.17, 15) is 23.7 Å². The highest BCUT2D eigenvalue weighted by molar-refractivity contribution is 7.51. The summed E-state index contributed by atoms with van der Waals surface area (Å²) in [6.45, 7) is 8.37. The predicted octanol–water partition coefficient (Wildman–Crippen LogP) is 6.33. The Morgan fingerprint density at radius 1 is 0.889 bits per heavy atom. The molecule has 4 fully saturated rings. The first kappa shape index (κ1) is 35.9. The molecule has 4 aliphatic rings. The summed E-state index contributed by atoms with van der Waals surface area (Å²) in [6.07, 6.45) is 8.87. The van der Waals surface area contributed by atoms with E-state index >= 15 is 0 Å². The van der Waals surface area contributed by atoms with Crippen molar-refractivity contribution >= 4 is 31.5 Å². The Bertz CT molecular complexity index is 1150. The van der Waals surface area contributed by atoms with Gasteiger partial charge in [0.15, 0.2) is 0 Å². The van der Waals surface area contributed by atoms with Gasteiger partial charge in [0, 0.05) is 12.8 Å². The summed E-state index contributed by atoms with van der Waals surface area (Å²) in [7, 11) is -4.55. The van der Waals surface area contributed by atoms with Crippen molar-refractivity contribution in [1.82, 2.24) is 0 Å². The van der Waals surface area contributed by atoms with E-state index in [1.165, 1.54) is 32.1 Å². The monoisotopic (exact) mass is 656 g/mol. The second kappa shape index (κ2) is 14.4. The third-order valence-electron chi connectivity index (χ3n) is 12.5. The van der Waals surface area contributed by atoms with Gasteiger partial charge in [-0.05, 0) is 124 Å². The van der Waals surface area contributed by atoms with E-state index in [1.54, 1.807) is 6.92 Å². The summed E-state index contributed by atoms with van der Waals surface area (Å²) >= 11 is 0. The molecule has 4 aliphatic carbocycles. The standard InChI is InChI=1S/C33H53O11P/c1-20(5-6-21(2)34)26-10-11-27-25-9-8-23-17-24(13-15-32(23,3)28(25)14-16-33(26,27)4)44-31(38)43-19-42-29(35)12-7-22(30(36)37)18-45(39,40)41/h20,22-28H,5-19H2,1-4H3,(H,36,37)(H2,39,40,41)/t20-,22?,23-,24-,25?,26?,27?,28?,32+,33-/m1/s1. The van der Waals surface area contributed by atoms with E-state index in [2.05, 4.69) is 20.8 Å². The molecule has 0 saturated heterocycles. The Labute approximate surface area is 266 Å². The van der Waals surface area contributed by atoms with Crippen LogP contribution in [-0.2, 0) is 33.2 Å². The van der Waals surface area contributed by atoms with Gasteiger partial charge in [-0.1, -0.05) is 20.8 Å². The first-order chi connectivity index (χ1) is 21.0. The van der Waals surface area contributed by atoms with Crippen LogP contribution in [-0.4, -0.2) is 57.8 Å². The number of fused-ring (bicyclic) bond motifs is 5. The molecule has 10 atom stereocenters. The van der Waals surface area contributed by atoms with Crippen LogP contribution in [0.2, 0.25) is 0 Å². The molecule has 0 aromatic rings. The van der Waals surface area contributed by atoms with Crippen molar-refractivity contribution in [2.75, 3.05) is 13.0 Å². The van der Waals surface area contributed by atoms with Crippen LogP contribution >= 0.6 is 7.60 Å². The van der Waals surface area contributed by atoms with E-state index in [4.69, 9.17) is 29.1 Å². The Morgan fingerprint density at radius 3 is 2.24 bits per heavy atom. The van der Waals surface area contributed by atoms with Gasteiger partial charge in [0.2, 0.25) is 6.79 Å². The van der Waals surface area contributed by atoms with Crippen LogP contribution in [0.5, 0.6) is 0 Å². The molecule has 0 spiro atoms. The molecule has 3 N–H and O–H groups in total. The lowest BCUT2D eigenvalue weighted by molar-refractivity contribution is -0.156. The first-order valence-corrected chi connectivity index (χ1v) is 18.6. The van der Waals surface area contributed by atoms with Crippen molar-refractivity contribution in [3.05, 3.63) is 0 Å². The Balaban J connectivity index is 1.22. The minimum absolute atomic E-state index is 0.218. The third-order valence-corrected chi connectivity index (χ3v) is 13.4. The van der Waals surface area contributed by atoms with Crippen molar-refractivity contribution in [3.8, 4) is 0 Å². The van der Waals surface area contributed by atoms with Crippen LogP contribution in [0.4, 0.5) is 4.79 Å². The molecule has 0 aromatic heterocycles. The molecule has 0 radical (unpaired) electrons. The fraction of sp³-hybridized carbons (Fsp3) is 0.879. The molecular weight excluding hydrogens is 603 g/mol. The number of carbonyl (C=O) groups is 4. The van der Waals surface area contributed by atoms with Crippen molar-refractivity contribution in [3.63, 3.8) is 0 Å². The van der Waals surface area contributed by atoms with Gasteiger partial charge < -0.3 is 33.9 Å². The van der Waals surface area contributed by atoms with Crippen molar-refractivity contribution < 1.29 is 52.8 Å². The maximum absolute atomic E-state index is 12.4. The number of rotatable bonds is 13. The number of carboxylic acid groups (broad SMARTS) is 1.